The molecular weight excluding hydrogens is 300 g/mol. The molecule has 0 aliphatic rings. The van der Waals surface area contributed by atoms with Crippen molar-refractivity contribution in [1.29, 1.82) is 0 Å². The lowest BCUT2D eigenvalue weighted by atomic mass is 10.1. The van der Waals surface area contributed by atoms with Crippen molar-refractivity contribution in [3.05, 3.63) is 65.9 Å². The molecule has 0 fully saturated rings. The Hall–Kier alpha value is -2.59. The van der Waals surface area contributed by atoms with Gasteiger partial charge in [0, 0.05) is 35.8 Å². The lowest BCUT2D eigenvalue weighted by Crippen LogP contribution is -2.11. The molecule has 0 aliphatic heterocycles. The summed E-state index contributed by atoms with van der Waals surface area (Å²) in [6.07, 6.45) is 4.86. The number of fused-ring (bicyclic) bond motifs is 1. The largest absolute Gasteiger partial charge is 0.396 e. The van der Waals surface area contributed by atoms with E-state index in [1.165, 1.54) is 10.9 Å². The summed E-state index contributed by atoms with van der Waals surface area (Å²) in [5.74, 6) is 0.0322. The van der Waals surface area contributed by atoms with Gasteiger partial charge in [-0.25, -0.2) is 0 Å². The second-order valence-electron chi connectivity index (χ2n) is 5.93. The second-order valence-corrected chi connectivity index (χ2v) is 5.93. The molecule has 0 saturated carbocycles. The lowest BCUT2D eigenvalue weighted by molar-refractivity contribution is -0.116. The molecule has 1 aromatic heterocycles. The van der Waals surface area contributed by atoms with E-state index in [0.29, 0.717) is 12.8 Å². The van der Waals surface area contributed by atoms with Gasteiger partial charge in [-0.2, -0.15) is 0 Å². The Morgan fingerprint density at radius 2 is 1.83 bits per heavy atom. The van der Waals surface area contributed by atoms with Gasteiger partial charge in [0.25, 0.3) is 0 Å². The van der Waals surface area contributed by atoms with Crippen LogP contribution in [0, 0.1) is 0 Å². The molecule has 4 nitrogen and oxygen atoms in total. The molecule has 24 heavy (non-hydrogen) atoms. The number of aliphatic hydroxyl groups excluding tert-OH is 1. The maximum Gasteiger partial charge on any atom is 0.224 e. The Labute approximate surface area is 141 Å². The minimum Gasteiger partial charge on any atom is -0.396 e. The quantitative estimate of drug-likeness (QED) is 0.621. The molecule has 2 aromatic carbocycles. The number of carbonyl (C=O) groups excluding carboxylic acids is 1. The highest BCUT2D eigenvalue weighted by atomic mass is 16.2. The van der Waals surface area contributed by atoms with Crippen LogP contribution in [0.2, 0.25) is 0 Å². The van der Waals surface area contributed by atoms with E-state index in [1.54, 1.807) is 0 Å². The summed E-state index contributed by atoms with van der Waals surface area (Å²) in [6, 6.07) is 15.8. The van der Waals surface area contributed by atoms with E-state index in [1.807, 2.05) is 42.6 Å². The number of aryl methyl sites for hydroxylation is 1. The highest BCUT2D eigenvalue weighted by Crippen LogP contribution is 2.19. The monoisotopic (exact) mass is 322 g/mol. The number of aromatic nitrogens is 1. The van der Waals surface area contributed by atoms with Crippen molar-refractivity contribution in [3.8, 4) is 0 Å². The topological polar surface area (TPSA) is 65.1 Å². The van der Waals surface area contributed by atoms with Gasteiger partial charge >= 0.3 is 0 Å². The standard InChI is InChI=1S/C20H22N2O2/c23-13-12-15-8-10-17(11-9-15)22-20(24)7-3-4-16-14-21-19-6-2-1-5-18(16)19/h1-2,5-6,8-11,14,21,23H,3-4,7,12-13H2,(H,22,24). The number of nitrogens with one attached hydrogen (secondary N) is 2. The van der Waals surface area contributed by atoms with Crippen molar-refractivity contribution in [2.24, 2.45) is 0 Å². The van der Waals surface area contributed by atoms with E-state index in [9.17, 15) is 4.79 Å². The first-order valence-electron chi connectivity index (χ1n) is 8.31. The third-order valence-corrected chi connectivity index (χ3v) is 4.16. The Morgan fingerprint density at radius 1 is 1.04 bits per heavy atom. The molecule has 0 aliphatic carbocycles. The smallest absolute Gasteiger partial charge is 0.224 e. The van der Waals surface area contributed by atoms with E-state index in [0.717, 1.165) is 29.6 Å². The van der Waals surface area contributed by atoms with Crippen LogP contribution in [0.1, 0.15) is 24.0 Å². The highest BCUT2D eigenvalue weighted by Gasteiger charge is 2.06. The number of amides is 1. The van der Waals surface area contributed by atoms with Crippen molar-refractivity contribution >= 4 is 22.5 Å². The fraction of sp³-hybridized carbons (Fsp3) is 0.250. The van der Waals surface area contributed by atoms with Gasteiger partial charge in [-0.15, -0.1) is 0 Å². The molecule has 4 heteroatoms. The summed E-state index contributed by atoms with van der Waals surface area (Å²) in [7, 11) is 0. The number of anilines is 1. The summed E-state index contributed by atoms with van der Waals surface area (Å²) in [4.78, 5) is 15.3. The van der Waals surface area contributed by atoms with E-state index < -0.39 is 0 Å². The minimum absolute atomic E-state index is 0.0322. The predicted octanol–water partition coefficient (Wildman–Crippen LogP) is 3.66. The molecule has 3 rings (SSSR count). The van der Waals surface area contributed by atoms with Crippen molar-refractivity contribution in [1.82, 2.24) is 4.98 Å². The molecular formula is C20H22N2O2. The van der Waals surface area contributed by atoms with Gasteiger partial charge in [0.2, 0.25) is 5.91 Å². The van der Waals surface area contributed by atoms with Gasteiger partial charge in [-0.1, -0.05) is 30.3 Å². The van der Waals surface area contributed by atoms with E-state index in [4.69, 9.17) is 5.11 Å². The molecule has 0 radical (unpaired) electrons. The first kappa shape index (κ1) is 16.3. The van der Waals surface area contributed by atoms with Gasteiger partial charge in [0.05, 0.1) is 0 Å². The van der Waals surface area contributed by atoms with Gasteiger partial charge < -0.3 is 15.4 Å². The second kappa shape index (κ2) is 7.79. The zero-order valence-corrected chi connectivity index (χ0v) is 13.6. The lowest BCUT2D eigenvalue weighted by Gasteiger charge is -2.06. The average Bonchev–Trinajstić information content (AvgIpc) is 3.00. The van der Waals surface area contributed by atoms with Crippen molar-refractivity contribution < 1.29 is 9.90 Å². The summed E-state index contributed by atoms with van der Waals surface area (Å²) in [5, 5.41) is 13.1. The Bertz CT molecular complexity index is 806. The van der Waals surface area contributed by atoms with Crippen molar-refractivity contribution in [2.45, 2.75) is 25.7 Å². The fourth-order valence-corrected chi connectivity index (χ4v) is 2.89. The predicted molar refractivity (Wildman–Crippen MR) is 97.1 cm³/mol. The van der Waals surface area contributed by atoms with Crippen LogP contribution in [0.4, 0.5) is 5.69 Å². The molecule has 0 bridgehead atoms. The Balaban J connectivity index is 1.49. The maximum atomic E-state index is 12.1. The Kier molecular flexibility index (Phi) is 5.29. The molecule has 1 heterocycles. The number of aliphatic hydroxyl groups is 1. The summed E-state index contributed by atoms with van der Waals surface area (Å²) in [5.41, 5.74) is 4.26. The number of hydrogen-bond acceptors (Lipinski definition) is 2. The fourth-order valence-electron chi connectivity index (χ4n) is 2.89. The molecule has 1 amide bonds. The highest BCUT2D eigenvalue weighted by molar-refractivity contribution is 5.90. The van der Waals surface area contributed by atoms with Crippen LogP contribution >= 0.6 is 0 Å². The van der Waals surface area contributed by atoms with Crippen LogP contribution in [0.5, 0.6) is 0 Å². The van der Waals surface area contributed by atoms with Crippen molar-refractivity contribution in [2.75, 3.05) is 11.9 Å². The number of hydrogen-bond donors (Lipinski definition) is 3. The molecule has 0 unspecified atom stereocenters. The van der Waals surface area contributed by atoms with E-state index in [2.05, 4.69) is 22.4 Å². The summed E-state index contributed by atoms with van der Waals surface area (Å²) < 4.78 is 0. The third kappa shape index (κ3) is 4.03. The maximum absolute atomic E-state index is 12.1. The SMILES string of the molecule is O=C(CCCc1c[nH]c2ccccc12)Nc1ccc(CCO)cc1. The van der Waals surface area contributed by atoms with Crippen LogP contribution in [-0.2, 0) is 17.6 Å². The molecule has 0 spiro atoms. The van der Waals surface area contributed by atoms with E-state index >= 15 is 0 Å². The van der Waals surface area contributed by atoms with Crippen LogP contribution in [0.15, 0.2) is 54.7 Å². The summed E-state index contributed by atoms with van der Waals surface area (Å²) >= 11 is 0. The average molecular weight is 322 g/mol. The minimum atomic E-state index is 0.0322. The van der Waals surface area contributed by atoms with Gasteiger partial charge in [-0.05, 0) is 48.6 Å². The van der Waals surface area contributed by atoms with Crippen molar-refractivity contribution in [3.63, 3.8) is 0 Å². The van der Waals surface area contributed by atoms with Crippen LogP contribution < -0.4 is 5.32 Å². The Morgan fingerprint density at radius 3 is 2.62 bits per heavy atom. The number of aromatic amines is 1. The zero-order valence-electron chi connectivity index (χ0n) is 13.6. The molecule has 0 atom stereocenters. The molecule has 3 N–H and O–H groups in total. The normalized spacial score (nSPS) is 10.9. The first-order chi connectivity index (χ1) is 11.8. The van der Waals surface area contributed by atoms with Crippen LogP contribution in [-0.4, -0.2) is 22.6 Å². The van der Waals surface area contributed by atoms with Gasteiger partial charge in [-0.3, -0.25) is 4.79 Å². The molecule has 124 valence electrons. The molecule has 3 aromatic rings. The number of carbonyl (C=O) groups is 1. The number of H-pyrrole nitrogens is 1. The van der Waals surface area contributed by atoms with Crippen LogP contribution in [0.25, 0.3) is 10.9 Å². The van der Waals surface area contributed by atoms with Gasteiger partial charge in [0.15, 0.2) is 0 Å². The number of rotatable bonds is 7. The zero-order chi connectivity index (χ0) is 16.8. The number of benzene rings is 2. The first-order valence-corrected chi connectivity index (χ1v) is 8.31. The van der Waals surface area contributed by atoms with E-state index in [-0.39, 0.29) is 12.5 Å². The number of para-hydroxylation sites is 1. The molecule has 0 saturated heterocycles. The summed E-state index contributed by atoms with van der Waals surface area (Å²) in [6.45, 7) is 0.138. The third-order valence-electron chi connectivity index (χ3n) is 4.16. The van der Waals surface area contributed by atoms with Crippen LogP contribution in [0.3, 0.4) is 0 Å². The van der Waals surface area contributed by atoms with Gasteiger partial charge in [0.1, 0.15) is 0 Å².